The van der Waals surface area contributed by atoms with E-state index in [0.717, 1.165) is 11.3 Å². The van der Waals surface area contributed by atoms with Crippen LogP contribution in [-0.2, 0) is 6.54 Å². The summed E-state index contributed by atoms with van der Waals surface area (Å²) < 4.78 is 6.60. The molecule has 0 radical (unpaired) electrons. The number of hydrogen-bond donors (Lipinski definition) is 0. The first kappa shape index (κ1) is 16.0. The molecule has 122 valence electrons. The maximum absolute atomic E-state index is 9.15. The summed E-state index contributed by atoms with van der Waals surface area (Å²) in [5.74, 6) is 1.40. The topological polar surface area (TPSA) is 79.3 Å². The molecule has 2 aromatic heterocycles. The van der Waals surface area contributed by atoms with Gasteiger partial charge in [0.25, 0.3) is 0 Å². The summed E-state index contributed by atoms with van der Waals surface area (Å²) in [6.07, 6.45) is 1.46. The van der Waals surface area contributed by atoms with Gasteiger partial charge in [0, 0.05) is 13.1 Å². The second-order valence-corrected chi connectivity index (χ2v) is 5.40. The number of aromatic nitrogens is 4. The molecule has 7 nitrogen and oxygen atoms in total. The summed E-state index contributed by atoms with van der Waals surface area (Å²) in [7, 11) is 1.64. The Labute approximate surface area is 144 Å². The number of fused-ring (bicyclic) bond motifs is 1. The minimum absolute atomic E-state index is 0.0696. The highest BCUT2D eigenvalue weighted by molar-refractivity contribution is 6.28. The Morgan fingerprint density at radius 3 is 2.71 bits per heavy atom. The van der Waals surface area contributed by atoms with Gasteiger partial charge < -0.3 is 9.64 Å². The predicted octanol–water partition coefficient (Wildman–Crippen LogP) is 2.68. The van der Waals surface area contributed by atoms with E-state index >= 15 is 0 Å². The Bertz CT molecular complexity index is 899. The number of hydrogen-bond acceptors (Lipinski definition) is 6. The van der Waals surface area contributed by atoms with E-state index in [-0.39, 0.29) is 5.28 Å². The van der Waals surface area contributed by atoms with Crippen LogP contribution in [0, 0.1) is 11.3 Å². The maximum atomic E-state index is 9.15. The predicted molar refractivity (Wildman–Crippen MR) is 90.2 cm³/mol. The third-order valence-electron chi connectivity index (χ3n) is 3.65. The smallest absolute Gasteiger partial charge is 0.243 e. The highest BCUT2D eigenvalue weighted by Gasteiger charge is 2.17. The van der Waals surface area contributed by atoms with Crippen molar-refractivity contribution >= 4 is 23.1 Å². The highest BCUT2D eigenvalue weighted by Crippen LogP contribution is 2.23. The van der Waals surface area contributed by atoms with Crippen molar-refractivity contribution in [1.29, 1.82) is 5.26 Å². The van der Waals surface area contributed by atoms with Gasteiger partial charge in [-0.1, -0.05) is 12.1 Å². The molecule has 0 amide bonds. The maximum Gasteiger partial charge on any atom is 0.243 e. The van der Waals surface area contributed by atoms with E-state index in [1.165, 1.54) is 10.7 Å². The fraction of sp³-hybridized carbons (Fsp3) is 0.250. The van der Waals surface area contributed by atoms with E-state index in [1.807, 2.05) is 42.2 Å². The normalized spacial score (nSPS) is 10.6. The molecule has 3 rings (SSSR count). The molecule has 0 atom stereocenters. The number of rotatable bonds is 5. The zero-order chi connectivity index (χ0) is 17.1. The summed E-state index contributed by atoms with van der Waals surface area (Å²) >= 11 is 6.03. The third kappa shape index (κ3) is 2.96. The van der Waals surface area contributed by atoms with Crippen LogP contribution < -0.4 is 9.64 Å². The van der Waals surface area contributed by atoms with Crippen molar-refractivity contribution in [1.82, 2.24) is 19.6 Å². The summed E-state index contributed by atoms with van der Waals surface area (Å²) in [5.41, 5.74) is 1.92. The molecule has 0 saturated heterocycles. The molecule has 0 aliphatic carbocycles. The lowest BCUT2D eigenvalue weighted by atomic mass is 10.2. The molecule has 0 aliphatic heterocycles. The summed E-state index contributed by atoms with van der Waals surface area (Å²) in [6, 6.07) is 9.85. The molecule has 3 aromatic rings. The summed E-state index contributed by atoms with van der Waals surface area (Å²) in [4.78, 5) is 10.6. The zero-order valence-corrected chi connectivity index (χ0v) is 14.0. The molecule has 8 heteroatoms. The van der Waals surface area contributed by atoms with Gasteiger partial charge in [0.05, 0.1) is 13.3 Å². The van der Waals surface area contributed by atoms with Crippen molar-refractivity contribution in [3.8, 4) is 11.8 Å². The molecule has 0 bridgehead atoms. The van der Waals surface area contributed by atoms with E-state index < -0.39 is 0 Å². The lowest BCUT2D eigenvalue weighted by Crippen LogP contribution is -2.24. The van der Waals surface area contributed by atoms with Crippen LogP contribution >= 0.6 is 11.6 Å². The fourth-order valence-corrected chi connectivity index (χ4v) is 2.57. The number of methoxy groups -OCH3 is 1. The van der Waals surface area contributed by atoms with Crippen LogP contribution in [0.2, 0.25) is 5.28 Å². The van der Waals surface area contributed by atoms with Gasteiger partial charge in [-0.05, 0) is 36.2 Å². The van der Waals surface area contributed by atoms with Gasteiger partial charge in [0.2, 0.25) is 5.28 Å². The molecule has 0 spiro atoms. The van der Waals surface area contributed by atoms with Crippen molar-refractivity contribution < 1.29 is 4.74 Å². The lowest BCUT2D eigenvalue weighted by Gasteiger charge is -2.22. The number of ether oxygens (including phenoxy) is 1. The number of anilines is 1. The molecular formula is C16H15ClN6O. The average Bonchev–Trinajstić information content (AvgIpc) is 3.02. The number of benzene rings is 1. The number of imidazole rings is 1. The van der Waals surface area contributed by atoms with Crippen LogP contribution in [0.15, 0.2) is 30.5 Å². The van der Waals surface area contributed by atoms with Crippen LogP contribution in [0.5, 0.6) is 5.75 Å². The standard InChI is InChI=1S/C16H15ClN6O/c1-3-22(10-11-4-6-13(24-2)7-5-11)15-14-19-9-12(8-18)23(14)21-16(17)20-15/h4-7,9H,3,10H2,1-2H3. The average molecular weight is 343 g/mol. The Hall–Kier alpha value is -2.85. The van der Waals surface area contributed by atoms with E-state index in [1.54, 1.807) is 7.11 Å². The van der Waals surface area contributed by atoms with E-state index in [4.69, 9.17) is 21.6 Å². The minimum Gasteiger partial charge on any atom is -0.497 e. The molecule has 1 aromatic carbocycles. The Kier molecular flexibility index (Phi) is 4.49. The fourth-order valence-electron chi connectivity index (χ4n) is 2.42. The number of nitriles is 1. The van der Waals surface area contributed by atoms with Crippen molar-refractivity contribution in [2.45, 2.75) is 13.5 Å². The van der Waals surface area contributed by atoms with E-state index in [0.29, 0.717) is 30.2 Å². The monoisotopic (exact) mass is 342 g/mol. The van der Waals surface area contributed by atoms with Crippen LogP contribution in [0.3, 0.4) is 0 Å². The highest BCUT2D eigenvalue weighted by atomic mass is 35.5. The molecule has 24 heavy (non-hydrogen) atoms. The van der Waals surface area contributed by atoms with Gasteiger partial charge in [-0.3, -0.25) is 0 Å². The zero-order valence-electron chi connectivity index (χ0n) is 13.3. The largest absolute Gasteiger partial charge is 0.497 e. The van der Waals surface area contributed by atoms with Gasteiger partial charge in [-0.15, -0.1) is 5.10 Å². The van der Waals surface area contributed by atoms with Crippen molar-refractivity contribution in [3.63, 3.8) is 0 Å². The third-order valence-corrected chi connectivity index (χ3v) is 3.81. The van der Waals surface area contributed by atoms with Crippen LogP contribution in [0.1, 0.15) is 18.2 Å². The Balaban J connectivity index is 1.99. The minimum atomic E-state index is 0.0696. The van der Waals surface area contributed by atoms with Gasteiger partial charge >= 0.3 is 0 Å². The molecule has 0 aliphatic rings. The van der Waals surface area contributed by atoms with Crippen LogP contribution in [-0.4, -0.2) is 33.2 Å². The van der Waals surface area contributed by atoms with Gasteiger partial charge in [0.15, 0.2) is 17.2 Å². The van der Waals surface area contributed by atoms with Crippen molar-refractivity contribution in [3.05, 3.63) is 47.0 Å². The van der Waals surface area contributed by atoms with Gasteiger partial charge in [0.1, 0.15) is 11.8 Å². The second-order valence-electron chi connectivity index (χ2n) is 5.06. The van der Waals surface area contributed by atoms with E-state index in [2.05, 4.69) is 15.1 Å². The second kappa shape index (κ2) is 6.72. The number of halogens is 1. The van der Waals surface area contributed by atoms with Crippen LogP contribution in [0.25, 0.3) is 5.65 Å². The summed E-state index contributed by atoms with van der Waals surface area (Å²) in [6.45, 7) is 3.34. The molecule has 2 heterocycles. The molecule has 0 fully saturated rings. The first-order valence-corrected chi connectivity index (χ1v) is 7.73. The quantitative estimate of drug-likeness (QED) is 0.709. The first-order valence-electron chi connectivity index (χ1n) is 7.35. The first-order chi connectivity index (χ1) is 11.7. The number of nitrogens with zero attached hydrogens (tertiary/aromatic N) is 6. The van der Waals surface area contributed by atoms with Gasteiger partial charge in [-0.25, -0.2) is 4.98 Å². The summed E-state index contributed by atoms with van der Waals surface area (Å²) in [5, 5.41) is 13.3. The van der Waals surface area contributed by atoms with E-state index in [9.17, 15) is 0 Å². The van der Waals surface area contributed by atoms with Crippen LogP contribution in [0.4, 0.5) is 5.82 Å². The van der Waals surface area contributed by atoms with Crippen molar-refractivity contribution in [2.24, 2.45) is 0 Å². The molecule has 0 saturated carbocycles. The molecule has 0 N–H and O–H groups in total. The molecule has 0 unspecified atom stereocenters. The molecular weight excluding hydrogens is 328 g/mol. The Morgan fingerprint density at radius 1 is 1.33 bits per heavy atom. The Morgan fingerprint density at radius 2 is 2.08 bits per heavy atom. The SMILES string of the molecule is CCN(Cc1ccc(OC)cc1)c1nc(Cl)nn2c(C#N)cnc12. The van der Waals surface area contributed by atoms with Crippen molar-refractivity contribution in [2.75, 3.05) is 18.6 Å². The lowest BCUT2D eigenvalue weighted by molar-refractivity contribution is 0.414. The van der Waals surface area contributed by atoms with Gasteiger partial charge in [-0.2, -0.15) is 14.8 Å².